The monoisotopic (exact) mass is 221 g/mol. The molecule has 0 aliphatic carbocycles. The Morgan fingerprint density at radius 1 is 1.31 bits per heavy atom. The van der Waals surface area contributed by atoms with Crippen molar-refractivity contribution in [3.8, 4) is 0 Å². The fourth-order valence-electron chi connectivity index (χ4n) is 1.60. The van der Waals surface area contributed by atoms with Crippen LogP contribution >= 0.6 is 0 Å². The molecule has 2 rings (SSSR count). The number of piperazine rings is 1. The maximum absolute atomic E-state index is 11.7. The summed E-state index contributed by atoms with van der Waals surface area (Å²) in [6.07, 6.45) is 1.65. The quantitative estimate of drug-likeness (QED) is 0.515. The van der Waals surface area contributed by atoms with E-state index in [0.29, 0.717) is 5.69 Å². The van der Waals surface area contributed by atoms with E-state index in [4.69, 9.17) is 0 Å². The molecule has 0 saturated carbocycles. The Labute approximate surface area is 91.6 Å². The first-order valence-corrected chi connectivity index (χ1v) is 4.87. The van der Waals surface area contributed by atoms with Crippen molar-refractivity contribution in [3.63, 3.8) is 0 Å². The van der Waals surface area contributed by atoms with Gasteiger partial charge in [-0.05, 0) is 12.1 Å². The standard InChI is InChI=1S/C10H11N3O3/c14-8(7-2-1-3-11-7)4-13-5-9(15)12-10(16)6-13/h1-3,11H,4-6H2,(H,12,15,16). The van der Waals surface area contributed by atoms with E-state index in [9.17, 15) is 14.4 Å². The van der Waals surface area contributed by atoms with Gasteiger partial charge in [0.25, 0.3) is 0 Å². The first kappa shape index (κ1) is 10.6. The minimum absolute atomic E-state index is 0.0691. The van der Waals surface area contributed by atoms with Crippen LogP contribution in [-0.2, 0) is 9.59 Å². The van der Waals surface area contributed by atoms with Crippen molar-refractivity contribution in [1.29, 1.82) is 0 Å². The summed E-state index contributed by atoms with van der Waals surface area (Å²) in [5.74, 6) is -0.862. The molecule has 0 bridgehead atoms. The molecule has 0 radical (unpaired) electrons. The van der Waals surface area contributed by atoms with Gasteiger partial charge in [0.15, 0.2) is 5.78 Å². The summed E-state index contributed by atoms with van der Waals surface area (Å²) in [7, 11) is 0. The number of aromatic nitrogens is 1. The van der Waals surface area contributed by atoms with Crippen LogP contribution in [0.3, 0.4) is 0 Å². The molecule has 16 heavy (non-hydrogen) atoms. The molecule has 84 valence electrons. The molecule has 0 unspecified atom stereocenters. The maximum atomic E-state index is 11.7. The minimum Gasteiger partial charge on any atom is -0.359 e. The molecular formula is C10H11N3O3. The number of H-pyrrole nitrogens is 1. The van der Waals surface area contributed by atoms with Gasteiger partial charge in [-0.1, -0.05) is 0 Å². The van der Waals surface area contributed by atoms with Gasteiger partial charge in [0.1, 0.15) is 0 Å². The van der Waals surface area contributed by atoms with E-state index in [-0.39, 0.29) is 37.2 Å². The predicted octanol–water partition coefficient (Wildman–Crippen LogP) is -0.844. The second-order valence-electron chi connectivity index (χ2n) is 3.62. The number of rotatable bonds is 3. The largest absolute Gasteiger partial charge is 0.359 e. The van der Waals surface area contributed by atoms with Crippen molar-refractivity contribution < 1.29 is 14.4 Å². The summed E-state index contributed by atoms with van der Waals surface area (Å²) in [6, 6.07) is 3.38. The van der Waals surface area contributed by atoms with E-state index in [1.54, 1.807) is 18.3 Å². The molecule has 0 atom stereocenters. The maximum Gasteiger partial charge on any atom is 0.240 e. The average molecular weight is 221 g/mol. The van der Waals surface area contributed by atoms with E-state index < -0.39 is 0 Å². The van der Waals surface area contributed by atoms with Crippen LogP contribution in [0, 0.1) is 0 Å². The van der Waals surface area contributed by atoms with E-state index in [1.165, 1.54) is 4.90 Å². The summed E-state index contributed by atoms with van der Waals surface area (Å²) < 4.78 is 0. The Bertz CT molecular complexity index is 409. The van der Waals surface area contributed by atoms with Crippen LogP contribution in [0.5, 0.6) is 0 Å². The third-order valence-corrected chi connectivity index (χ3v) is 2.28. The van der Waals surface area contributed by atoms with Crippen molar-refractivity contribution in [3.05, 3.63) is 24.0 Å². The Kier molecular flexibility index (Phi) is 2.82. The Morgan fingerprint density at radius 2 is 2.00 bits per heavy atom. The molecule has 2 heterocycles. The van der Waals surface area contributed by atoms with Gasteiger partial charge in [-0.15, -0.1) is 0 Å². The number of Topliss-reactive ketones (excluding diaryl/α,β-unsaturated/α-hetero) is 1. The number of nitrogens with zero attached hydrogens (tertiary/aromatic N) is 1. The normalized spacial score (nSPS) is 17.2. The Balaban J connectivity index is 1.97. The summed E-state index contributed by atoms with van der Waals surface area (Å²) in [6.45, 7) is 0.232. The Hall–Kier alpha value is -1.95. The highest BCUT2D eigenvalue weighted by Crippen LogP contribution is 2.01. The Morgan fingerprint density at radius 3 is 2.56 bits per heavy atom. The van der Waals surface area contributed by atoms with Crippen molar-refractivity contribution in [2.45, 2.75) is 0 Å². The van der Waals surface area contributed by atoms with Crippen molar-refractivity contribution in [1.82, 2.24) is 15.2 Å². The van der Waals surface area contributed by atoms with Crippen LogP contribution in [0.4, 0.5) is 0 Å². The average Bonchev–Trinajstić information content (AvgIpc) is 2.68. The van der Waals surface area contributed by atoms with Gasteiger partial charge >= 0.3 is 0 Å². The van der Waals surface area contributed by atoms with E-state index in [2.05, 4.69) is 10.3 Å². The van der Waals surface area contributed by atoms with Gasteiger partial charge in [0, 0.05) is 6.20 Å². The van der Waals surface area contributed by atoms with Crippen LogP contribution in [0.25, 0.3) is 0 Å². The number of aromatic amines is 1. The molecule has 0 aromatic carbocycles. The second kappa shape index (κ2) is 4.28. The lowest BCUT2D eigenvalue weighted by atomic mass is 10.2. The SMILES string of the molecule is O=C1CN(CC(=O)c2ccc[nH]2)CC(=O)N1. The molecule has 6 nitrogen and oxygen atoms in total. The second-order valence-corrected chi connectivity index (χ2v) is 3.62. The molecule has 1 aliphatic rings. The number of hydrogen-bond acceptors (Lipinski definition) is 4. The zero-order chi connectivity index (χ0) is 11.5. The zero-order valence-electron chi connectivity index (χ0n) is 8.53. The fraction of sp³-hybridized carbons (Fsp3) is 0.300. The highest BCUT2D eigenvalue weighted by molar-refractivity contribution is 6.01. The fourth-order valence-corrected chi connectivity index (χ4v) is 1.60. The summed E-state index contributed by atoms with van der Waals surface area (Å²) in [4.78, 5) is 38.1. The van der Waals surface area contributed by atoms with Gasteiger partial charge in [-0.3, -0.25) is 24.6 Å². The molecule has 2 N–H and O–H groups in total. The number of carbonyl (C=O) groups is 3. The molecule has 1 aliphatic heterocycles. The third-order valence-electron chi connectivity index (χ3n) is 2.28. The molecular weight excluding hydrogens is 210 g/mol. The number of hydrogen-bond donors (Lipinski definition) is 2. The molecule has 1 aromatic rings. The summed E-state index contributed by atoms with van der Waals surface area (Å²) in [5, 5.41) is 2.18. The van der Waals surface area contributed by atoms with Gasteiger partial charge in [0.05, 0.1) is 25.3 Å². The van der Waals surface area contributed by atoms with Gasteiger partial charge in [-0.25, -0.2) is 0 Å². The van der Waals surface area contributed by atoms with E-state index >= 15 is 0 Å². The zero-order valence-corrected chi connectivity index (χ0v) is 8.53. The molecule has 1 saturated heterocycles. The van der Waals surface area contributed by atoms with Gasteiger partial charge < -0.3 is 4.98 Å². The first-order chi connectivity index (χ1) is 7.65. The number of imide groups is 1. The van der Waals surface area contributed by atoms with Crippen molar-refractivity contribution in [2.24, 2.45) is 0 Å². The molecule has 0 spiro atoms. The third kappa shape index (κ3) is 2.34. The van der Waals surface area contributed by atoms with Crippen molar-refractivity contribution >= 4 is 17.6 Å². The van der Waals surface area contributed by atoms with Crippen LogP contribution in [0.1, 0.15) is 10.5 Å². The van der Waals surface area contributed by atoms with E-state index in [1.807, 2.05) is 0 Å². The molecule has 1 fully saturated rings. The minimum atomic E-state index is -0.365. The number of amides is 2. The highest BCUT2D eigenvalue weighted by Gasteiger charge is 2.24. The lowest BCUT2D eigenvalue weighted by molar-refractivity contribution is -0.135. The number of nitrogens with one attached hydrogen (secondary N) is 2. The van der Waals surface area contributed by atoms with Gasteiger partial charge in [0.2, 0.25) is 11.8 Å². The predicted molar refractivity (Wildman–Crippen MR) is 54.7 cm³/mol. The topological polar surface area (TPSA) is 82.3 Å². The first-order valence-electron chi connectivity index (χ1n) is 4.87. The van der Waals surface area contributed by atoms with E-state index in [0.717, 1.165) is 0 Å². The van der Waals surface area contributed by atoms with Crippen LogP contribution in [0.15, 0.2) is 18.3 Å². The molecule has 2 amide bonds. The smallest absolute Gasteiger partial charge is 0.240 e. The lowest BCUT2D eigenvalue weighted by Gasteiger charge is -2.24. The lowest BCUT2D eigenvalue weighted by Crippen LogP contribution is -2.52. The number of carbonyl (C=O) groups excluding carboxylic acids is 3. The molecule has 6 heteroatoms. The van der Waals surface area contributed by atoms with Crippen LogP contribution in [-0.4, -0.2) is 47.1 Å². The van der Waals surface area contributed by atoms with Crippen LogP contribution < -0.4 is 5.32 Å². The van der Waals surface area contributed by atoms with Crippen LogP contribution in [0.2, 0.25) is 0 Å². The van der Waals surface area contributed by atoms with Crippen molar-refractivity contribution in [2.75, 3.05) is 19.6 Å². The van der Waals surface area contributed by atoms with Gasteiger partial charge in [-0.2, -0.15) is 0 Å². The summed E-state index contributed by atoms with van der Waals surface area (Å²) >= 11 is 0. The highest BCUT2D eigenvalue weighted by atomic mass is 16.2. The number of ketones is 1. The summed E-state index contributed by atoms with van der Waals surface area (Å²) in [5.41, 5.74) is 0.485. The molecule has 1 aromatic heterocycles.